The normalized spacial score (nSPS) is 16.4. The molecule has 3 nitrogen and oxygen atoms in total. The number of thioether (sulfide) groups is 1. The molecule has 0 unspecified atom stereocenters. The first kappa shape index (κ1) is 9.68. The van der Waals surface area contributed by atoms with Crippen LogP contribution in [-0.2, 0) is 0 Å². The van der Waals surface area contributed by atoms with Gasteiger partial charge in [0.05, 0.1) is 7.11 Å². The number of benzene rings is 1. The quantitative estimate of drug-likeness (QED) is 0.739. The fourth-order valence-electron chi connectivity index (χ4n) is 1.31. The Kier molecular flexibility index (Phi) is 2.84. The van der Waals surface area contributed by atoms with Crippen LogP contribution in [0.4, 0.5) is 5.69 Å². The van der Waals surface area contributed by atoms with Crippen molar-refractivity contribution in [3.8, 4) is 5.75 Å². The number of rotatable bonds is 3. The number of hydrogen-bond acceptors (Lipinski definition) is 4. The Morgan fingerprint density at radius 2 is 2.29 bits per heavy atom. The second kappa shape index (κ2) is 4.11. The summed E-state index contributed by atoms with van der Waals surface area (Å²) >= 11 is 1.85. The van der Waals surface area contributed by atoms with Crippen molar-refractivity contribution in [3.05, 3.63) is 18.2 Å². The lowest BCUT2D eigenvalue weighted by Gasteiger charge is -2.26. The Morgan fingerprint density at radius 3 is 2.86 bits per heavy atom. The third kappa shape index (κ3) is 1.96. The molecule has 1 heterocycles. The van der Waals surface area contributed by atoms with E-state index in [2.05, 4.69) is 5.32 Å². The summed E-state index contributed by atoms with van der Waals surface area (Å²) in [5.74, 6) is 0.877. The molecule has 0 amide bonds. The van der Waals surface area contributed by atoms with Crippen LogP contribution >= 0.6 is 11.8 Å². The molecule has 1 fully saturated rings. The minimum Gasteiger partial charge on any atom is -0.496 e. The molecule has 0 spiro atoms. The van der Waals surface area contributed by atoms with Gasteiger partial charge < -0.3 is 15.8 Å². The van der Waals surface area contributed by atoms with Crippen molar-refractivity contribution in [2.45, 2.75) is 10.1 Å². The fraction of sp³-hybridized carbons (Fsp3) is 0.400. The molecular weight excluding hydrogens is 196 g/mol. The van der Waals surface area contributed by atoms with Gasteiger partial charge in [-0.05, 0) is 12.1 Å². The molecule has 14 heavy (non-hydrogen) atoms. The first-order valence-corrected chi connectivity index (χ1v) is 5.48. The van der Waals surface area contributed by atoms with Crippen LogP contribution in [0.2, 0.25) is 0 Å². The van der Waals surface area contributed by atoms with E-state index in [9.17, 15) is 0 Å². The summed E-state index contributed by atoms with van der Waals surface area (Å²) in [5.41, 5.74) is 6.43. The van der Waals surface area contributed by atoms with Gasteiger partial charge in [0.1, 0.15) is 5.75 Å². The molecule has 1 aromatic rings. The van der Waals surface area contributed by atoms with Crippen LogP contribution in [0.15, 0.2) is 23.1 Å². The number of nitrogen functional groups attached to an aromatic ring is 1. The second-order valence-electron chi connectivity index (χ2n) is 3.31. The summed E-state index contributed by atoms with van der Waals surface area (Å²) in [4.78, 5) is 1.17. The lowest BCUT2D eigenvalue weighted by Crippen LogP contribution is -2.44. The zero-order valence-corrected chi connectivity index (χ0v) is 8.93. The topological polar surface area (TPSA) is 47.3 Å². The Balaban J connectivity index is 2.14. The molecule has 0 aliphatic carbocycles. The maximum absolute atomic E-state index is 5.68. The summed E-state index contributed by atoms with van der Waals surface area (Å²) < 4.78 is 5.27. The van der Waals surface area contributed by atoms with Crippen molar-refractivity contribution in [1.29, 1.82) is 0 Å². The molecule has 1 aliphatic heterocycles. The van der Waals surface area contributed by atoms with Crippen molar-refractivity contribution in [2.75, 3.05) is 25.9 Å². The molecular formula is C10H14N2OS. The number of methoxy groups -OCH3 is 1. The SMILES string of the molecule is COc1cc(N)ccc1SC1CNC1. The Hall–Kier alpha value is -0.870. The van der Waals surface area contributed by atoms with E-state index in [1.54, 1.807) is 7.11 Å². The molecule has 0 saturated carbocycles. The van der Waals surface area contributed by atoms with Gasteiger partial charge in [-0.3, -0.25) is 0 Å². The van der Waals surface area contributed by atoms with Gasteiger partial charge in [-0.2, -0.15) is 0 Å². The molecule has 0 bridgehead atoms. The maximum Gasteiger partial charge on any atom is 0.134 e. The fourth-order valence-corrected chi connectivity index (χ4v) is 2.47. The summed E-state index contributed by atoms with van der Waals surface area (Å²) in [7, 11) is 1.68. The minimum absolute atomic E-state index is 0.674. The van der Waals surface area contributed by atoms with Crippen LogP contribution < -0.4 is 15.8 Å². The van der Waals surface area contributed by atoms with Crippen LogP contribution in [0.1, 0.15) is 0 Å². The van der Waals surface area contributed by atoms with Gasteiger partial charge in [0.25, 0.3) is 0 Å². The first-order chi connectivity index (χ1) is 6.79. The highest BCUT2D eigenvalue weighted by Gasteiger charge is 2.19. The molecule has 3 N–H and O–H groups in total. The Labute approximate surface area is 88.0 Å². The number of hydrogen-bond donors (Lipinski definition) is 2. The summed E-state index contributed by atoms with van der Waals surface area (Å²) in [6, 6.07) is 5.81. The lowest BCUT2D eigenvalue weighted by molar-refractivity contribution is 0.404. The third-order valence-electron chi connectivity index (χ3n) is 2.23. The molecule has 0 atom stereocenters. The first-order valence-electron chi connectivity index (χ1n) is 4.60. The standard InChI is InChI=1S/C10H14N2OS/c1-13-9-4-7(11)2-3-10(9)14-8-5-12-6-8/h2-4,8,12H,5-6,11H2,1H3. The molecule has 1 aromatic carbocycles. The summed E-state index contributed by atoms with van der Waals surface area (Å²) in [6.45, 7) is 2.16. The molecule has 1 saturated heterocycles. The predicted octanol–water partition coefficient (Wildman–Crippen LogP) is 1.34. The van der Waals surface area contributed by atoms with Gasteiger partial charge in [-0.1, -0.05) is 0 Å². The van der Waals surface area contributed by atoms with Crippen molar-refractivity contribution < 1.29 is 4.74 Å². The third-order valence-corrected chi connectivity index (χ3v) is 3.48. The van der Waals surface area contributed by atoms with Gasteiger partial charge in [0, 0.05) is 35.0 Å². The Bertz CT molecular complexity index is 326. The Morgan fingerprint density at radius 1 is 1.50 bits per heavy atom. The molecule has 2 rings (SSSR count). The molecule has 0 radical (unpaired) electrons. The van der Waals surface area contributed by atoms with Gasteiger partial charge in [0.2, 0.25) is 0 Å². The van der Waals surface area contributed by atoms with Crippen molar-refractivity contribution >= 4 is 17.4 Å². The summed E-state index contributed by atoms with van der Waals surface area (Å²) in [5, 5.41) is 3.92. The molecule has 0 aromatic heterocycles. The van der Waals surface area contributed by atoms with Crippen molar-refractivity contribution in [2.24, 2.45) is 0 Å². The van der Waals surface area contributed by atoms with Crippen molar-refractivity contribution in [1.82, 2.24) is 5.32 Å². The maximum atomic E-state index is 5.68. The smallest absolute Gasteiger partial charge is 0.134 e. The average Bonchev–Trinajstić information content (AvgIpc) is 2.13. The van der Waals surface area contributed by atoms with Gasteiger partial charge in [-0.15, -0.1) is 11.8 Å². The van der Waals surface area contributed by atoms with Crippen LogP contribution in [0.5, 0.6) is 5.75 Å². The van der Waals surface area contributed by atoms with Crippen molar-refractivity contribution in [3.63, 3.8) is 0 Å². The van der Waals surface area contributed by atoms with Crippen LogP contribution in [0.25, 0.3) is 0 Å². The number of nitrogens with two attached hydrogens (primary N) is 1. The molecule has 4 heteroatoms. The number of nitrogens with one attached hydrogen (secondary N) is 1. The number of ether oxygens (including phenoxy) is 1. The largest absolute Gasteiger partial charge is 0.496 e. The zero-order chi connectivity index (χ0) is 9.97. The highest BCUT2D eigenvalue weighted by molar-refractivity contribution is 8.00. The van der Waals surface area contributed by atoms with E-state index in [4.69, 9.17) is 10.5 Å². The van der Waals surface area contributed by atoms with E-state index in [1.807, 2.05) is 30.0 Å². The van der Waals surface area contributed by atoms with E-state index >= 15 is 0 Å². The molecule has 76 valence electrons. The number of anilines is 1. The van der Waals surface area contributed by atoms with E-state index in [-0.39, 0.29) is 0 Å². The van der Waals surface area contributed by atoms with E-state index in [1.165, 1.54) is 4.90 Å². The van der Waals surface area contributed by atoms with Gasteiger partial charge in [-0.25, -0.2) is 0 Å². The van der Waals surface area contributed by atoms with Gasteiger partial charge >= 0.3 is 0 Å². The monoisotopic (exact) mass is 210 g/mol. The van der Waals surface area contributed by atoms with Crippen LogP contribution in [-0.4, -0.2) is 25.4 Å². The van der Waals surface area contributed by atoms with Crippen LogP contribution in [0.3, 0.4) is 0 Å². The van der Waals surface area contributed by atoms with Gasteiger partial charge in [0.15, 0.2) is 0 Å². The highest BCUT2D eigenvalue weighted by atomic mass is 32.2. The lowest BCUT2D eigenvalue weighted by atomic mass is 10.3. The van der Waals surface area contributed by atoms with Crippen LogP contribution in [0, 0.1) is 0 Å². The molecule has 1 aliphatic rings. The van der Waals surface area contributed by atoms with E-state index in [0.717, 1.165) is 24.5 Å². The average molecular weight is 210 g/mol. The minimum atomic E-state index is 0.674. The van der Waals surface area contributed by atoms with E-state index in [0.29, 0.717) is 5.25 Å². The highest BCUT2D eigenvalue weighted by Crippen LogP contribution is 2.34. The second-order valence-corrected chi connectivity index (χ2v) is 4.65. The zero-order valence-electron chi connectivity index (χ0n) is 8.12. The summed E-state index contributed by atoms with van der Waals surface area (Å²) in [6.07, 6.45) is 0. The van der Waals surface area contributed by atoms with E-state index < -0.39 is 0 Å². The predicted molar refractivity (Wildman–Crippen MR) is 59.9 cm³/mol.